The topological polar surface area (TPSA) is 216 Å². The van der Waals surface area contributed by atoms with Gasteiger partial charge in [0.2, 0.25) is 17.3 Å². The number of Topliss-reactive ketones (excluding diaryl/α,β-unsaturated/α-hetero) is 3. The van der Waals surface area contributed by atoms with Crippen molar-refractivity contribution in [1.82, 2.24) is 49.0 Å². The number of nitrogens with one attached hydrogen (secondary N) is 3. The van der Waals surface area contributed by atoms with Gasteiger partial charge < -0.3 is 19.5 Å². The second kappa shape index (κ2) is 16.8. The number of benzene rings is 3. The van der Waals surface area contributed by atoms with E-state index >= 15 is 0 Å². The molecule has 0 spiro atoms. The lowest BCUT2D eigenvalue weighted by Crippen LogP contribution is -2.07. The van der Waals surface area contributed by atoms with Gasteiger partial charge >= 0.3 is 0 Å². The molecule has 0 saturated carbocycles. The largest absolute Gasteiger partial charge is 0.359 e. The highest BCUT2D eigenvalue weighted by Crippen LogP contribution is 2.30. The van der Waals surface area contributed by atoms with Gasteiger partial charge in [-0.1, -0.05) is 0 Å². The van der Waals surface area contributed by atoms with Crippen LogP contribution >= 0.6 is 34.8 Å². The van der Waals surface area contributed by atoms with E-state index in [4.69, 9.17) is 34.8 Å². The van der Waals surface area contributed by atoms with E-state index < -0.39 is 50.5 Å². The molecule has 0 fully saturated rings. The standard InChI is InChI=1S/2C13H7ClFN3O2.C12H6ClFN4O2/c14-13(20)12(19)7-6-16-11-9(18-5-1-4-17-18)3-2-8(15)10(7)11;14-13(20)12(19)7-5-17-11-9(18-4-3-16-6-18)2-1-8(15)10(7)11;13-12(20)11(19)6-3-16-10-8(18-5-15-4-17-18)2-1-7(14)9(6)10/h1-6,16H;1-6,17H;1-5,16H. The van der Waals surface area contributed by atoms with Crippen LogP contribution in [0, 0.1) is 17.5 Å². The Labute approximate surface area is 346 Å². The minimum Gasteiger partial charge on any atom is -0.359 e. The minimum absolute atomic E-state index is 0.00278. The third-order valence-corrected chi connectivity index (χ3v) is 9.27. The normalized spacial score (nSPS) is 10.9. The fraction of sp³-hybridized carbons (Fsp3) is 0. The summed E-state index contributed by atoms with van der Waals surface area (Å²) in [4.78, 5) is 84.0. The zero-order valence-corrected chi connectivity index (χ0v) is 31.9. The number of imidazole rings is 1. The predicted octanol–water partition coefficient (Wildman–Crippen LogP) is 6.72. The van der Waals surface area contributed by atoms with Gasteiger partial charge in [-0.2, -0.15) is 10.2 Å². The summed E-state index contributed by atoms with van der Waals surface area (Å²) in [7, 11) is 0. The molecule has 22 heteroatoms. The smallest absolute Gasteiger partial charge is 0.293 e. The number of carbonyl (C=O) groups excluding carboxylic acids is 6. The summed E-state index contributed by atoms with van der Waals surface area (Å²) in [6.45, 7) is 0. The molecule has 300 valence electrons. The van der Waals surface area contributed by atoms with Crippen LogP contribution in [0.3, 0.4) is 0 Å². The highest BCUT2D eigenvalue weighted by molar-refractivity contribution is 6.84. The second-order valence-electron chi connectivity index (χ2n) is 12.1. The van der Waals surface area contributed by atoms with Crippen LogP contribution in [-0.2, 0) is 14.4 Å². The molecule has 60 heavy (non-hydrogen) atoms. The van der Waals surface area contributed by atoms with Gasteiger partial charge in [0, 0.05) is 59.5 Å². The van der Waals surface area contributed by atoms with Crippen molar-refractivity contribution < 1.29 is 41.9 Å². The lowest BCUT2D eigenvalue weighted by atomic mass is 10.1. The van der Waals surface area contributed by atoms with Crippen molar-refractivity contribution in [3.05, 3.63) is 139 Å². The van der Waals surface area contributed by atoms with Crippen LogP contribution in [0.4, 0.5) is 13.2 Å². The van der Waals surface area contributed by atoms with E-state index in [0.29, 0.717) is 33.6 Å². The van der Waals surface area contributed by atoms with Gasteiger partial charge in [-0.05, 0) is 77.3 Å². The van der Waals surface area contributed by atoms with E-state index in [1.54, 1.807) is 47.8 Å². The molecule has 9 aromatic rings. The number of aromatic nitrogens is 10. The molecule has 0 aliphatic rings. The quantitative estimate of drug-likeness (QED) is 0.0791. The molecule has 0 unspecified atom stereocenters. The Kier molecular flexibility index (Phi) is 11.4. The summed E-state index contributed by atoms with van der Waals surface area (Å²) >= 11 is 15.5. The maximum atomic E-state index is 14.0. The van der Waals surface area contributed by atoms with E-state index in [2.05, 4.69) is 35.1 Å². The Morgan fingerprint density at radius 1 is 0.517 bits per heavy atom. The number of ketones is 3. The summed E-state index contributed by atoms with van der Waals surface area (Å²) in [6, 6.07) is 9.89. The van der Waals surface area contributed by atoms with Crippen molar-refractivity contribution in [2.45, 2.75) is 0 Å². The summed E-state index contributed by atoms with van der Waals surface area (Å²) in [5, 5.41) is 4.57. The summed E-state index contributed by atoms with van der Waals surface area (Å²) in [5.41, 5.74) is 2.48. The van der Waals surface area contributed by atoms with Gasteiger partial charge in [0.05, 0.1) is 56.6 Å². The number of hydrogen-bond donors (Lipinski definition) is 3. The average Bonchev–Trinajstić information content (AvgIpc) is 4.08. The van der Waals surface area contributed by atoms with Crippen LogP contribution in [0.25, 0.3) is 49.8 Å². The number of rotatable bonds is 9. The van der Waals surface area contributed by atoms with Gasteiger partial charge in [-0.3, -0.25) is 28.8 Å². The molecule has 6 heterocycles. The van der Waals surface area contributed by atoms with Crippen molar-refractivity contribution in [3.63, 3.8) is 0 Å². The summed E-state index contributed by atoms with van der Waals surface area (Å²) in [5.74, 6) is -4.71. The van der Waals surface area contributed by atoms with Crippen LogP contribution in [0.1, 0.15) is 31.1 Å². The number of aromatic amines is 3. The fourth-order valence-electron chi connectivity index (χ4n) is 6.17. The third kappa shape index (κ3) is 7.62. The average molecular weight is 876 g/mol. The maximum absolute atomic E-state index is 14.0. The first-order chi connectivity index (χ1) is 28.8. The molecule has 0 saturated heterocycles. The molecule has 0 aliphatic heterocycles. The van der Waals surface area contributed by atoms with Gasteiger partial charge in [0.1, 0.15) is 30.1 Å². The maximum Gasteiger partial charge on any atom is 0.293 e. The Morgan fingerprint density at radius 2 is 0.967 bits per heavy atom. The fourth-order valence-corrected chi connectivity index (χ4v) is 6.48. The van der Waals surface area contributed by atoms with Crippen molar-refractivity contribution in [3.8, 4) is 17.1 Å². The van der Waals surface area contributed by atoms with E-state index in [1.807, 2.05) is 0 Å². The molecule has 0 bridgehead atoms. The molecule has 16 nitrogen and oxygen atoms in total. The predicted molar refractivity (Wildman–Crippen MR) is 210 cm³/mol. The van der Waals surface area contributed by atoms with Crippen molar-refractivity contribution in [2.24, 2.45) is 0 Å². The highest BCUT2D eigenvalue weighted by atomic mass is 35.5. The second-order valence-corrected chi connectivity index (χ2v) is 13.2. The van der Waals surface area contributed by atoms with Gasteiger partial charge in [-0.25, -0.2) is 32.5 Å². The molecular weight excluding hydrogens is 856 g/mol. The first-order valence-electron chi connectivity index (χ1n) is 16.7. The van der Waals surface area contributed by atoms with E-state index in [9.17, 15) is 41.9 Å². The number of H-pyrrole nitrogens is 3. The zero-order valence-electron chi connectivity index (χ0n) is 29.7. The molecule has 6 aromatic heterocycles. The first kappa shape index (κ1) is 40.7. The SMILES string of the molecule is O=C(Cl)C(=O)c1c[nH]c2c(-n3cccn3)ccc(F)c12.O=C(Cl)C(=O)c1c[nH]c2c(-n3ccnc3)ccc(F)c12.O=C(Cl)C(=O)c1c[nH]c2c(-n3cncn3)ccc(F)c12. The van der Waals surface area contributed by atoms with Gasteiger partial charge in [0.15, 0.2) is 0 Å². The van der Waals surface area contributed by atoms with E-state index in [1.165, 1.54) is 70.9 Å². The van der Waals surface area contributed by atoms with Crippen LogP contribution in [0.5, 0.6) is 0 Å². The molecule has 9 rings (SSSR count). The number of fused-ring (bicyclic) bond motifs is 3. The molecule has 0 atom stereocenters. The molecule has 0 aliphatic carbocycles. The van der Waals surface area contributed by atoms with Crippen molar-refractivity contribution >= 4 is 101 Å². The highest BCUT2D eigenvalue weighted by Gasteiger charge is 2.25. The Balaban J connectivity index is 0.000000136. The van der Waals surface area contributed by atoms with Gasteiger partial charge in [-0.15, -0.1) is 0 Å². The number of hydrogen-bond acceptors (Lipinski definition) is 10. The molecule has 3 aromatic carbocycles. The zero-order chi connectivity index (χ0) is 42.8. The van der Waals surface area contributed by atoms with Crippen molar-refractivity contribution in [1.29, 1.82) is 0 Å². The number of nitrogens with zero attached hydrogens (tertiary/aromatic N) is 7. The van der Waals surface area contributed by atoms with E-state index in [0.717, 1.165) is 0 Å². The summed E-state index contributed by atoms with van der Waals surface area (Å²) < 4.78 is 46.5. The van der Waals surface area contributed by atoms with Crippen molar-refractivity contribution in [2.75, 3.05) is 0 Å². The lowest BCUT2D eigenvalue weighted by Gasteiger charge is -2.05. The molecular formula is C38H20Cl3F3N10O6. The Hall–Kier alpha value is -7.48. The monoisotopic (exact) mass is 874 g/mol. The third-order valence-electron chi connectivity index (χ3n) is 8.76. The minimum atomic E-state index is -1.17. The molecule has 3 N–H and O–H groups in total. The van der Waals surface area contributed by atoms with E-state index in [-0.39, 0.29) is 32.8 Å². The number of carbonyl (C=O) groups is 6. The van der Waals surface area contributed by atoms with Crippen LogP contribution in [0.2, 0.25) is 0 Å². The Bertz CT molecular complexity index is 2810. The van der Waals surface area contributed by atoms with Gasteiger partial charge in [0.25, 0.3) is 15.7 Å². The Morgan fingerprint density at radius 3 is 1.35 bits per heavy atom. The van der Waals surface area contributed by atoms with Crippen LogP contribution < -0.4 is 0 Å². The number of halogens is 6. The van der Waals surface area contributed by atoms with Crippen LogP contribution in [0.15, 0.2) is 105 Å². The summed E-state index contributed by atoms with van der Waals surface area (Å²) in [6.07, 6.45) is 14.6. The first-order valence-corrected chi connectivity index (χ1v) is 17.9. The van der Waals surface area contributed by atoms with Crippen LogP contribution in [-0.4, -0.2) is 82.1 Å². The molecule has 0 amide bonds. The molecule has 0 radical (unpaired) electrons. The lowest BCUT2D eigenvalue weighted by molar-refractivity contribution is -0.108.